The van der Waals surface area contributed by atoms with Crippen LogP contribution < -0.4 is 0 Å². The Morgan fingerprint density at radius 1 is 1.03 bits per heavy atom. The number of carbonyl (C=O) groups is 3. The Kier molecular flexibility index (Phi) is 11.6. The molecule has 0 saturated carbocycles. The number of hydrogen-bond acceptors (Lipinski definition) is 5. The van der Waals surface area contributed by atoms with Crippen molar-refractivity contribution in [2.24, 2.45) is 16.7 Å². The molecule has 1 aliphatic heterocycles. The Balaban J connectivity index is 3.09. The van der Waals surface area contributed by atoms with Crippen molar-refractivity contribution < 1.29 is 23.9 Å². The zero-order chi connectivity index (χ0) is 26.2. The second-order valence-electron chi connectivity index (χ2n) is 11.9. The minimum atomic E-state index is -0.925. The molecule has 4 unspecified atom stereocenters. The molecule has 0 aromatic carbocycles. The third-order valence-electron chi connectivity index (χ3n) is 7.33. The van der Waals surface area contributed by atoms with Crippen molar-refractivity contribution in [2.75, 3.05) is 13.2 Å². The second-order valence-corrected chi connectivity index (χ2v) is 11.9. The molecule has 4 atom stereocenters. The zero-order valence-electron chi connectivity index (χ0n) is 23.4. The summed E-state index contributed by atoms with van der Waals surface area (Å²) in [6.07, 6.45) is 7.03. The first-order valence-electron chi connectivity index (χ1n) is 13.4. The van der Waals surface area contributed by atoms with Crippen LogP contribution in [0.15, 0.2) is 0 Å². The highest BCUT2D eigenvalue weighted by Gasteiger charge is 2.48. The van der Waals surface area contributed by atoms with Crippen molar-refractivity contribution in [3.8, 4) is 0 Å². The topological polar surface area (TPSA) is 72.9 Å². The number of rotatable bonds is 14. The predicted octanol–water partition coefficient (Wildman–Crippen LogP) is 6.30. The van der Waals surface area contributed by atoms with Gasteiger partial charge in [-0.2, -0.15) is 0 Å². The lowest BCUT2D eigenvalue weighted by atomic mass is 9.68. The molecule has 0 aromatic rings. The fourth-order valence-electron chi connectivity index (χ4n) is 4.99. The number of carbonyl (C=O) groups excluding carboxylic acids is 3. The third kappa shape index (κ3) is 8.88. The molecule has 0 spiro atoms. The first-order valence-corrected chi connectivity index (χ1v) is 13.4. The molecule has 1 rings (SSSR count). The SMILES string of the molecule is CCCCC(CC)COC(=O)C(C)(CC)CC(C)(CC(C)N1CCCC1=O)C(=O)OC(C)(C)C. The maximum absolute atomic E-state index is 13.5. The lowest BCUT2D eigenvalue weighted by Gasteiger charge is -2.40. The Hall–Kier alpha value is -1.59. The van der Waals surface area contributed by atoms with Crippen molar-refractivity contribution in [1.29, 1.82) is 0 Å². The Morgan fingerprint density at radius 2 is 1.68 bits per heavy atom. The number of nitrogens with zero attached hydrogens (tertiary/aromatic N) is 1. The van der Waals surface area contributed by atoms with Crippen LogP contribution in [-0.4, -0.2) is 47.5 Å². The molecule has 0 aromatic heterocycles. The van der Waals surface area contributed by atoms with Gasteiger partial charge in [-0.25, -0.2) is 0 Å². The highest BCUT2D eigenvalue weighted by Crippen LogP contribution is 2.43. The molecule has 1 saturated heterocycles. The highest BCUT2D eigenvalue weighted by atomic mass is 16.6. The Labute approximate surface area is 208 Å². The number of ether oxygens (including phenoxy) is 2. The summed E-state index contributed by atoms with van der Waals surface area (Å²) in [5.41, 5.74) is -2.38. The van der Waals surface area contributed by atoms with Crippen molar-refractivity contribution >= 4 is 17.8 Å². The highest BCUT2D eigenvalue weighted by molar-refractivity contribution is 5.81. The molecule has 1 aliphatic rings. The van der Waals surface area contributed by atoms with Gasteiger partial charge in [0.05, 0.1) is 17.4 Å². The summed E-state index contributed by atoms with van der Waals surface area (Å²) in [4.78, 5) is 41.0. The monoisotopic (exact) mass is 481 g/mol. The van der Waals surface area contributed by atoms with Gasteiger partial charge in [0.2, 0.25) is 5.91 Å². The van der Waals surface area contributed by atoms with Crippen molar-refractivity contribution in [3.05, 3.63) is 0 Å². The summed E-state index contributed by atoms with van der Waals surface area (Å²) in [5.74, 6) is -0.0668. The van der Waals surface area contributed by atoms with Crippen LogP contribution >= 0.6 is 0 Å². The van der Waals surface area contributed by atoms with E-state index >= 15 is 0 Å². The molecule has 6 heteroatoms. The van der Waals surface area contributed by atoms with Crippen LogP contribution in [0.5, 0.6) is 0 Å². The summed E-state index contributed by atoms with van der Waals surface area (Å²) in [6, 6.07) is -0.108. The van der Waals surface area contributed by atoms with Gasteiger partial charge in [-0.15, -0.1) is 0 Å². The fraction of sp³-hybridized carbons (Fsp3) is 0.893. The van der Waals surface area contributed by atoms with E-state index in [1.807, 2.05) is 53.4 Å². The molecule has 1 heterocycles. The van der Waals surface area contributed by atoms with E-state index in [1.165, 1.54) is 0 Å². The first kappa shape index (κ1) is 30.4. The van der Waals surface area contributed by atoms with E-state index in [0.29, 0.717) is 44.8 Å². The number of amides is 1. The maximum Gasteiger partial charge on any atom is 0.312 e. The maximum atomic E-state index is 13.5. The predicted molar refractivity (Wildman–Crippen MR) is 136 cm³/mol. The summed E-state index contributed by atoms with van der Waals surface area (Å²) >= 11 is 0. The van der Waals surface area contributed by atoms with Gasteiger partial charge in [0.1, 0.15) is 5.60 Å². The van der Waals surface area contributed by atoms with Gasteiger partial charge in [0, 0.05) is 19.0 Å². The van der Waals surface area contributed by atoms with Gasteiger partial charge in [0.15, 0.2) is 0 Å². The summed E-state index contributed by atoms with van der Waals surface area (Å²) in [6.45, 7) is 18.8. The van der Waals surface area contributed by atoms with Crippen LogP contribution in [0.1, 0.15) is 120 Å². The van der Waals surface area contributed by atoms with Crippen LogP contribution in [0.2, 0.25) is 0 Å². The van der Waals surface area contributed by atoms with Crippen LogP contribution in [-0.2, 0) is 23.9 Å². The normalized spacial score (nSPS) is 19.8. The van der Waals surface area contributed by atoms with E-state index in [-0.39, 0.29) is 23.9 Å². The van der Waals surface area contributed by atoms with Crippen LogP contribution in [0.4, 0.5) is 0 Å². The van der Waals surface area contributed by atoms with Crippen LogP contribution in [0.3, 0.4) is 0 Å². The second kappa shape index (κ2) is 12.9. The smallest absolute Gasteiger partial charge is 0.312 e. The Bertz CT molecular complexity index is 685. The molecule has 198 valence electrons. The van der Waals surface area contributed by atoms with Crippen LogP contribution in [0.25, 0.3) is 0 Å². The molecule has 0 aliphatic carbocycles. The summed E-state index contributed by atoms with van der Waals surface area (Å²) in [7, 11) is 0. The minimum absolute atomic E-state index is 0.108. The van der Waals surface area contributed by atoms with Gasteiger partial charge in [0.25, 0.3) is 0 Å². The van der Waals surface area contributed by atoms with Crippen LogP contribution in [0, 0.1) is 16.7 Å². The summed E-state index contributed by atoms with van der Waals surface area (Å²) < 4.78 is 11.7. The van der Waals surface area contributed by atoms with E-state index in [4.69, 9.17) is 9.47 Å². The average molecular weight is 482 g/mol. The van der Waals surface area contributed by atoms with Crippen molar-refractivity contribution in [1.82, 2.24) is 4.90 Å². The minimum Gasteiger partial charge on any atom is -0.465 e. The van der Waals surface area contributed by atoms with E-state index in [2.05, 4.69) is 13.8 Å². The zero-order valence-corrected chi connectivity index (χ0v) is 23.4. The number of unbranched alkanes of at least 4 members (excludes halogenated alkanes) is 1. The van der Waals surface area contributed by atoms with Gasteiger partial charge in [-0.05, 0) is 79.6 Å². The number of esters is 2. The quantitative estimate of drug-likeness (QED) is 0.272. The molecule has 0 bridgehead atoms. The van der Waals surface area contributed by atoms with E-state index in [1.54, 1.807) is 0 Å². The standard InChI is InChI=1S/C28H51NO5/c1-10-13-15-22(11-2)19-33-24(31)27(8,12-3)20-28(9,25(32)34-26(5,6)7)18-21(4)29-17-14-16-23(29)30/h21-22H,10-20H2,1-9H3. The fourth-order valence-corrected chi connectivity index (χ4v) is 4.99. The Morgan fingerprint density at radius 3 is 2.15 bits per heavy atom. The lowest BCUT2D eigenvalue weighted by molar-refractivity contribution is -0.174. The van der Waals surface area contributed by atoms with Gasteiger partial charge in [-0.1, -0.05) is 40.0 Å². The molecular formula is C28H51NO5. The van der Waals surface area contributed by atoms with Crippen molar-refractivity contribution in [2.45, 2.75) is 132 Å². The van der Waals surface area contributed by atoms with Gasteiger partial charge in [-0.3, -0.25) is 14.4 Å². The molecule has 1 amide bonds. The molecule has 1 fully saturated rings. The molecule has 0 N–H and O–H groups in total. The van der Waals surface area contributed by atoms with E-state index in [0.717, 1.165) is 32.1 Å². The number of hydrogen-bond donors (Lipinski definition) is 0. The first-order chi connectivity index (χ1) is 15.7. The number of likely N-dealkylation sites (tertiary alicyclic amines) is 1. The molecular weight excluding hydrogens is 430 g/mol. The van der Waals surface area contributed by atoms with Crippen molar-refractivity contribution in [3.63, 3.8) is 0 Å². The molecule has 0 radical (unpaired) electrons. The lowest BCUT2D eigenvalue weighted by Crippen LogP contribution is -2.46. The van der Waals surface area contributed by atoms with E-state index < -0.39 is 16.4 Å². The van der Waals surface area contributed by atoms with Gasteiger partial charge < -0.3 is 14.4 Å². The largest absolute Gasteiger partial charge is 0.465 e. The summed E-state index contributed by atoms with van der Waals surface area (Å²) in [5, 5.41) is 0. The molecule has 34 heavy (non-hydrogen) atoms. The van der Waals surface area contributed by atoms with Gasteiger partial charge >= 0.3 is 11.9 Å². The molecule has 6 nitrogen and oxygen atoms in total. The third-order valence-corrected chi connectivity index (χ3v) is 7.33. The average Bonchev–Trinajstić information content (AvgIpc) is 3.18. The van der Waals surface area contributed by atoms with E-state index in [9.17, 15) is 14.4 Å².